The lowest BCUT2D eigenvalue weighted by atomic mass is 10.1. The van der Waals surface area contributed by atoms with Crippen molar-refractivity contribution in [3.8, 4) is 5.69 Å². The molecule has 116 valence electrons. The molecule has 0 spiro atoms. The zero-order valence-corrected chi connectivity index (χ0v) is 12.5. The van der Waals surface area contributed by atoms with Crippen molar-refractivity contribution in [3.63, 3.8) is 0 Å². The Labute approximate surface area is 128 Å². The van der Waals surface area contributed by atoms with E-state index in [9.17, 15) is 9.18 Å². The third-order valence-corrected chi connectivity index (χ3v) is 3.96. The first-order valence-electron chi connectivity index (χ1n) is 7.47. The Morgan fingerprint density at radius 2 is 2.18 bits per heavy atom. The van der Waals surface area contributed by atoms with Gasteiger partial charge in [-0.05, 0) is 50.6 Å². The summed E-state index contributed by atoms with van der Waals surface area (Å²) in [6, 6.07) is 6.20. The van der Waals surface area contributed by atoms with Crippen LogP contribution >= 0.6 is 0 Å². The molecule has 1 saturated heterocycles. The number of nitrogens with one attached hydrogen (secondary N) is 2. The number of carbonyl (C=O) groups is 1. The number of amides is 1. The monoisotopic (exact) mass is 302 g/mol. The van der Waals surface area contributed by atoms with Crippen LogP contribution in [0.5, 0.6) is 0 Å². The van der Waals surface area contributed by atoms with Crippen molar-refractivity contribution in [2.75, 3.05) is 13.1 Å². The van der Waals surface area contributed by atoms with Gasteiger partial charge in [0.05, 0.1) is 23.1 Å². The standard InChI is InChI=1S/C16H19FN4O/c1-11-15(16(22)20-13-3-2-8-18-9-13)10-19-21(11)14-6-4-12(17)5-7-14/h4-7,10,13,18H,2-3,8-9H2,1H3,(H,20,22)/t13-/m1/s1. The summed E-state index contributed by atoms with van der Waals surface area (Å²) in [5.41, 5.74) is 2.03. The van der Waals surface area contributed by atoms with Crippen LogP contribution in [0.1, 0.15) is 28.9 Å². The molecule has 0 unspecified atom stereocenters. The smallest absolute Gasteiger partial charge is 0.255 e. The van der Waals surface area contributed by atoms with Crippen molar-refractivity contribution in [3.05, 3.63) is 47.5 Å². The second-order valence-electron chi connectivity index (χ2n) is 5.55. The van der Waals surface area contributed by atoms with Gasteiger partial charge in [0.1, 0.15) is 5.82 Å². The first kappa shape index (κ1) is 14.7. The Bertz CT molecular complexity index is 659. The highest BCUT2D eigenvalue weighted by molar-refractivity contribution is 5.95. The van der Waals surface area contributed by atoms with Gasteiger partial charge >= 0.3 is 0 Å². The maximum atomic E-state index is 13.0. The Balaban J connectivity index is 1.77. The summed E-state index contributed by atoms with van der Waals surface area (Å²) < 4.78 is 14.6. The number of nitrogens with zero attached hydrogens (tertiary/aromatic N) is 2. The zero-order valence-electron chi connectivity index (χ0n) is 12.5. The van der Waals surface area contributed by atoms with Gasteiger partial charge in [0.25, 0.3) is 5.91 Å². The van der Waals surface area contributed by atoms with Crippen molar-refractivity contribution in [2.24, 2.45) is 0 Å². The predicted molar refractivity (Wildman–Crippen MR) is 81.6 cm³/mol. The van der Waals surface area contributed by atoms with Crippen LogP contribution in [0, 0.1) is 12.7 Å². The van der Waals surface area contributed by atoms with Crippen molar-refractivity contribution in [1.29, 1.82) is 0 Å². The summed E-state index contributed by atoms with van der Waals surface area (Å²) in [5.74, 6) is -0.407. The average molecular weight is 302 g/mol. The fourth-order valence-electron chi connectivity index (χ4n) is 2.71. The average Bonchev–Trinajstić information content (AvgIpc) is 2.91. The molecule has 0 radical (unpaired) electrons. The number of rotatable bonds is 3. The molecule has 1 fully saturated rings. The lowest BCUT2D eigenvalue weighted by Crippen LogP contribution is -2.45. The van der Waals surface area contributed by atoms with Gasteiger partial charge in [-0.3, -0.25) is 4.79 Å². The predicted octanol–water partition coefficient (Wildman–Crippen LogP) is 1.80. The van der Waals surface area contributed by atoms with E-state index >= 15 is 0 Å². The molecule has 1 aliphatic rings. The highest BCUT2D eigenvalue weighted by atomic mass is 19.1. The van der Waals surface area contributed by atoms with Crippen LogP contribution in [-0.4, -0.2) is 34.8 Å². The molecule has 2 aromatic rings. The zero-order chi connectivity index (χ0) is 15.5. The van der Waals surface area contributed by atoms with Gasteiger partial charge in [0, 0.05) is 12.6 Å². The largest absolute Gasteiger partial charge is 0.348 e. The molecule has 1 amide bonds. The Hall–Kier alpha value is -2.21. The van der Waals surface area contributed by atoms with Crippen molar-refractivity contribution < 1.29 is 9.18 Å². The van der Waals surface area contributed by atoms with E-state index < -0.39 is 0 Å². The first-order chi connectivity index (χ1) is 10.6. The molecule has 1 atom stereocenters. The number of hydrogen-bond acceptors (Lipinski definition) is 3. The minimum Gasteiger partial charge on any atom is -0.348 e. The summed E-state index contributed by atoms with van der Waals surface area (Å²) in [7, 11) is 0. The molecule has 1 aliphatic heterocycles. The summed E-state index contributed by atoms with van der Waals surface area (Å²) >= 11 is 0. The minimum absolute atomic E-state index is 0.112. The molecular weight excluding hydrogens is 283 g/mol. The lowest BCUT2D eigenvalue weighted by Gasteiger charge is -2.23. The maximum absolute atomic E-state index is 13.0. The fraction of sp³-hybridized carbons (Fsp3) is 0.375. The van der Waals surface area contributed by atoms with E-state index in [2.05, 4.69) is 15.7 Å². The van der Waals surface area contributed by atoms with Gasteiger partial charge in [-0.25, -0.2) is 9.07 Å². The number of hydrogen-bond donors (Lipinski definition) is 2. The van der Waals surface area contributed by atoms with Crippen molar-refractivity contribution in [2.45, 2.75) is 25.8 Å². The van der Waals surface area contributed by atoms with Crippen LogP contribution in [0.25, 0.3) is 5.69 Å². The SMILES string of the molecule is Cc1c(C(=O)N[C@@H]2CCCNC2)cnn1-c1ccc(F)cc1. The summed E-state index contributed by atoms with van der Waals surface area (Å²) in [6.45, 7) is 3.65. The van der Waals surface area contributed by atoms with Gasteiger partial charge in [-0.2, -0.15) is 5.10 Å². The van der Waals surface area contributed by atoms with Crippen LogP contribution in [0.2, 0.25) is 0 Å². The van der Waals surface area contributed by atoms with Gasteiger partial charge in [-0.1, -0.05) is 0 Å². The molecule has 1 aromatic carbocycles. The Morgan fingerprint density at radius 3 is 2.86 bits per heavy atom. The lowest BCUT2D eigenvalue weighted by molar-refractivity contribution is 0.0930. The van der Waals surface area contributed by atoms with E-state index in [0.717, 1.165) is 37.3 Å². The van der Waals surface area contributed by atoms with Crippen LogP contribution in [0.4, 0.5) is 4.39 Å². The topological polar surface area (TPSA) is 59.0 Å². The summed E-state index contributed by atoms with van der Waals surface area (Å²) in [6.07, 6.45) is 3.62. The van der Waals surface area contributed by atoms with E-state index in [1.165, 1.54) is 12.1 Å². The van der Waals surface area contributed by atoms with Crippen LogP contribution in [0.15, 0.2) is 30.5 Å². The highest BCUT2D eigenvalue weighted by Gasteiger charge is 2.20. The molecule has 0 aliphatic carbocycles. The van der Waals surface area contributed by atoms with E-state index in [4.69, 9.17) is 0 Å². The molecule has 1 aromatic heterocycles. The van der Waals surface area contributed by atoms with Gasteiger partial charge in [0.2, 0.25) is 0 Å². The summed E-state index contributed by atoms with van der Waals surface area (Å²) in [5, 5.41) is 10.6. The van der Waals surface area contributed by atoms with Gasteiger partial charge < -0.3 is 10.6 Å². The Kier molecular flexibility index (Phi) is 4.20. The number of halogens is 1. The molecule has 2 heterocycles. The number of benzene rings is 1. The van der Waals surface area contributed by atoms with Crippen LogP contribution in [-0.2, 0) is 0 Å². The quantitative estimate of drug-likeness (QED) is 0.909. The molecule has 5 nitrogen and oxygen atoms in total. The van der Waals surface area contributed by atoms with Crippen molar-refractivity contribution >= 4 is 5.91 Å². The number of piperidine rings is 1. The molecule has 0 saturated carbocycles. The molecule has 3 rings (SSSR count). The molecular formula is C16H19FN4O. The minimum atomic E-state index is -0.295. The fourth-order valence-corrected chi connectivity index (χ4v) is 2.71. The van der Waals surface area contributed by atoms with E-state index in [-0.39, 0.29) is 17.8 Å². The highest BCUT2D eigenvalue weighted by Crippen LogP contribution is 2.15. The molecule has 6 heteroatoms. The van der Waals surface area contributed by atoms with E-state index in [1.54, 1.807) is 23.0 Å². The number of carbonyl (C=O) groups excluding carboxylic acids is 1. The second-order valence-corrected chi connectivity index (χ2v) is 5.55. The third kappa shape index (κ3) is 3.01. The van der Waals surface area contributed by atoms with E-state index in [0.29, 0.717) is 5.56 Å². The molecule has 2 N–H and O–H groups in total. The van der Waals surface area contributed by atoms with E-state index in [1.807, 2.05) is 6.92 Å². The second kappa shape index (κ2) is 6.27. The number of aromatic nitrogens is 2. The molecule has 22 heavy (non-hydrogen) atoms. The van der Waals surface area contributed by atoms with Crippen LogP contribution in [0.3, 0.4) is 0 Å². The van der Waals surface area contributed by atoms with Gasteiger partial charge in [0.15, 0.2) is 0 Å². The van der Waals surface area contributed by atoms with Crippen LogP contribution < -0.4 is 10.6 Å². The first-order valence-corrected chi connectivity index (χ1v) is 7.47. The molecule has 0 bridgehead atoms. The summed E-state index contributed by atoms with van der Waals surface area (Å²) in [4.78, 5) is 12.4. The Morgan fingerprint density at radius 1 is 1.41 bits per heavy atom. The van der Waals surface area contributed by atoms with Gasteiger partial charge in [-0.15, -0.1) is 0 Å². The van der Waals surface area contributed by atoms with Crippen molar-refractivity contribution in [1.82, 2.24) is 20.4 Å². The normalized spacial score (nSPS) is 18.2. The maximum Gasteiger partial charge on any atom is 0.255 e. The third-order valence-electron chi connectivity index (χ3n) is 3.96.